The number of aromatic amines is 1. The predicted molar refractivity (Wildman–Crippen MR) is 126 cm³/mol. The van der Waals surface area contributed by atoms with Gasteiger partial charge in [-0.3, -0.25) is 19.7 Å². The molecule has 0 radical (unpaired) electrons. The van der Waals surface area contributed by atoms with Crippen LogP contribution < -0.4 is 16.6 Å². The second kappa shape index (κ2) is 9.88. The third-order valence-electron chi connectivity index (χ3n) is 5.38. The van der Waals surface area contributed by atoms with Crippen LogP contribution in [-0.2, 0) is 0 Å². The molecule has 1 aliphatic rings. The first kappa shape index (κ1) is 22.7. The molecule has 1 aromatic carbocycles. The molecule has 0 saturated carbocycles. The molecular weight excluding hydrogens is 416 g/mol. The van der Waals surface area contributed by atoms with Crippen molar-refractivity contribution in [2.24, 2.45) is 4.99 Å². The van der Waals surface area contributed by atoms with Gasteiger partial charge in [0.15, 0.2) is 5.11 Å². The minimum Gasteiger partial charge on any atom is -0.493 e. The van der Waals surface area contributed by atoms with E-state index in [-0.39, 0.29) is 5.56 Å². The highest BCUT2D eigenvalue weighted by Gasteiger charge is 2.19. The van der Waals surface area contributed by atoms with Crippen LogP contribution in [0.5, 0.6) is 5.88 Å². The van der Waals surface area contributed by atoms with Crippen molar-refractivity contribution in [3.8, 4) is 11.6 Å². The fourth-order valence-corrected chi connectivity index (χ4v) is 3.74. The highest BCUT2D eigenvalue weighted by molar-refractivity contribution is 7.80. The molecule has 1 fully saturated rings. The van der Waals surface area contributed by atoms with E-state index in [0.29, 0.717) is 17.9 Å². The number of aromatic hydroxyl groups is 1. The Balaban J connectivity index is 1.73. The van der Waals surface area contributed by atoms with Gasteiger partial charge in [-0.2, -0.15) is 0 Å². The maximum atomic E-state index is 12.4. The van der Waals surface area contributed by atoms with Gasteiger partial charge >= 0.3 is 5.69 Å². The molecule has 0 unspecified atom stereocenters. The molecule has 31 heavy (non-hydrogen) atoms. The first-order chi connectivity index (χ1) is 14.8. The number of aliphatic imine (C=N–C) groups is 1. The Bertz CT molecular complexity index is 1080. The second-order valence-corrected chi connectivity index (χ2v) is 7.87. The minimum atomic E-state index is -0.694. The average Bonchev–Trinajstić information content (AvgIpc) is 2.74. The van der Waals surface area contributed by atoms with Crippen LogP contribution in [0.25, 0.3) is 5.69 Å². The van der Waals surface area contributed by atoms with Crippen molar-refractivity contribution in [3.05, 3.63) is 56.2 Å². The molecule has 1 saturated heterocycles. The van der Waals surface area contributed by atoms with Crippen LogP contribution in [0, 0.1) is 6.92 Å². The zero-order chi connectivity index (χ0) is 22.5. The lowest BCUT2D eigenvalue weighted by molar-refractivity contribution is 0.186. The molecule has 2 heterocycles. The number of aryl methyl sites for hydroxylation is 1. The lowest BCUT2D eigenvalue weighted by Gasteiger charge is -2.35. The lowest BCUT2D eigenvalue weighted by Crippen LogP contribution is -2.51. The van der Waals surface area contributed by atoms with Gasteiger partial charge in [-0.05, 0) is 38.2 Å². The molecule has 0 bridgehead atoms. The number of thiocarbonyl (C=S) groups is 1. The van der Waals surface area contributed by atoms with E-state index >= 15 is 0 Å². The molecule has 0 spiro atoms. The molecular formula is C21H28N6O3S. The number of nitrogens with one attached hydrogen (secondary N) is 2. The zero-order valence-electron chi connectivity index (χ0n) is 18.0. The molecule has 166 valence electrons. The summed E-state index contributed by atoms with van der Waals surface area (Å²) in [7, 11) is 1.82. The van der Waals surface area contributed by atoms with Crippen LogP contribution >= 0.6 is 12.2 Å². The van der Waals surface area contributed by atoms with Gasteiger partial charge in [0.1, 0.15) is 5.56 Å². The Labute approximate surface area is 186 Å². The summed E-state index contributed by atoms with van der Waals surface area (Å²) in [4.78, 5) is 35.9. The maximum absolute atomic E-state index is 12.4. The van der Waals surface area contributed by atoms with Gasteiger partial charge in [0.25, 0.3) is 5.56 Å². The van der Waals surface area contributed by atoms with Gasteiger partial charge in [-0.1, -0.05) is 17.7 Å². The smallest absolute Gasteiger partial charge is 0.335 e. The van der Waals surface area contributed by atoms with Gasteiger partial charge < -0.3 is 15.3 Å². The van der Waals surface area contributed by atoms with Gasteiger partial charge in [0.05, 0.1) is 12.2 Å². The fraction of sp³-hybridized carbons (Fsp3) is 0.429. The molecule has 3 rings (SSSR count). The van der Waals surface area contributed by atoms with E-state index in [1.807, 2.05) is 26.1 Å². The Morgan fingerprint density at radius 3 is 2.45 bits per heavy atom. The van der Waals surface area contributed by atoms with Gasteiger partial charge in [0, 0.05) is 45.5 Å². The van der Waals surface area contributed by atoms with Crippen LogP contribution in [0.1, 0.15) is 18.1 Å². The summed E-state index contributed by atoms with van der Waals surface area (Å²) in [6, 6.07) is 7.08. The molecule has 1 aliphatic heterocycles. The van der Waals surface area contributed by atoms with Crippen LogP contribution in [0.3, 0.4) is 0 Å². The lowest BCUT2D eigenvalue weighted by atomic mass is 10.2. The number of rotatable bonds is 5. The van der Waals surface area contributed by atoms with Crippen molar-refractivity contribution < 1.29 is 5.11 Å². The number of hydrogen-bond acceptors (Lipinski definition) is 6. The number of H-pyrrole nitrogens is 1. The Morgan fingerprint density at radius 1 is 1.19 bits per heavy atom. The molecule has 2 aromatic rings. The van der Waals surface area contributed by atoms with Crippen molar-refractivity contribution >= 4 is 23.0 Å². The minimum absolute atomic E-state index is 0.00404. The summed E-state index contributed by atoms with van der Waals surface area (Å²) in [5.41, 5.74) is 0.531. The van der Waals surface area contributed by atoms with Gasteiger partial charge in [-0.15, -0.1) is 0 Å². The molecule has 0 amide bonds. The quantitative estimate of drug-likeness (QED) is 0.455. The van der Waals surface area contributed by atoms with Crippen LogP contribution in [0.15, 0.2) is 38.8 Å². The average molecular weight is 445 g/mol. The van der Waals surface area contributed by atoms with E-state index in [1.165, 1.54) is 0 Å². The second-order valence-electron chi connectivity index (χ2n) is 7.48. The first-order valence-electron chi connectivity index (χ1n) is 10.2. The third kappa shape index (κ3) is 5.20. The predicted octanol–water partition coefficient (Wildman–Crippen LogP) is 0.471. The molecule has 0 atom stereocenters. The highest BCUT2D eigenvalue weighted by atomic mass is 32.1. The standard InChI is InChI=1S/C21H28N6O3S/c1-14-4-6-16(7-5-14)27-19(29)17(18(28)24-20(27)30)15(2)23-8-9-25-10-12-26(13-11-25)21(31)22-3/h4-7,29H,8-13H2,1-3H3,(H,22,31)(H,24,28,30). The number of piperazine rings is 1. The van der Waals surface area contributed by atoms with Crippen LogP contribution in [0.2, 0.25) is 0 Å². The highest BCUT2D eigenvalue weighted by Crippen LogP contribution is 2.17. The Morgan fingerprint density at radius 2 is 1.84 bits per heavy atom. The van der Waals surface area contributed by atoms with E-state index in [0.717, 1.165) is 48.0 Å². The van der Waals surface area contributed by atoms with E-state index in [4.69, 9.17) is 12.2 Å². The summed E-state index contributed by atoms with van der Waals surface area (Å²) in [6.07, 6.45) is 0. The number of nitrogens with zero attached hydrogens (tertiary/aromatic N) is 4. The zero-order valence-corrected chi connectivity index (χ0v) is 18.8. The van der Waals surface area contributed by atoms with Gasteiger partial charge in [-0.25, -0.2) is 9.36 Å². The van der Waals surface area contributed by atoms with Gasteiger partial charge in [0.2, 0.25) is 5.88 Å². The number of benzene rings is 1. The first-order valence-corrected chi connectivity index (χ1v) is 10.6. The molecule has 10 heteroatoms. The van der Waals surface area contributed by atoms with E-state index in [1.54, 1.807) is 19.1 Å². The summed E-state index contributed by atoms with van der Waals surface area (Å²) in [5.74, 6) is -0.409. The maximum Gasteiger partial charge on any atom is 0.335 e. The normalized spacial score (nSPS) is 15.2. The van der Waals surface area contributed by atoms with E-state index < -0.39 is 17.1 Å². The molecule has 3 N–H and O–H groups in total. The van der Waals surface area contributed by atoms with Crippen molar-refractivity contribution in [3.63, 3.8) is 0 Å². The van der Waals surface area contributed by atoms with E-state index in [2.05, 4.69) is 25.1 Å². The van der Waals surface area contributed by atoms with Crippen molar-refractivity contribution in [1.82, 2.24) is 24.7 Å². The molecule has 9 nitrogen and oxygen atoms in total. The SMILES string of the molecule is CNC(=S)N1CCN(CCN=C(C)c2c(O)n(-c3ccc(C)cc3)c(=O)[nH]c2=O)CC1. The number of aromatic nitrogens is 2. The third-order valence-corrected chi connectivity index (χ3v) is 5.84. The van der Waals surface area contributed by atoms with E-state index in [9.17, 15) is 14.7 Å². The number of hydrogen-bond donors (Lipinski definition) is 3. The summed E-state index contributed by atoms with van der Waals surface area (Å²) in [6.45, 7) is 8.25. The Hall–Kier alpha value is -2.98. The van der Waals surface area contributed by atoms with Crippen LogP contribution in [0.4, 0.5) is 0 Å². The van der Waals surface area contributed by atoms with Crippen molar-refractivity contribution in [2.75, 3.05) is 46.3 Å². The van der Waals surface area contributed by atoms with Crippen molar-refractivity contribution in [2.45, 2.75) is 13.8 Å². The topological polar surface area (TPSA) is 106 Å². The molecule has 0 aliphatic carbocycles. The fourth-order valence-electron chi connectivity index (χ4n) is 3.56. The Kier molecular flexibility index (Phi) is 7.24. The summed E-state index contributed by atoms with van der Waals surface area (Å²) < 4.78 is 1.08. The van der Waals surface area contributed by atoms with Crippen molar-refractivity contribution in [1.29, 1.82) is 0 Å². The summed E-state index contributed by atoms with van der Waals surface area (Å²) >= 11 is 5.27. The molecule has 1 aromatic heterocycles. The van der Waals surface area contributed by atoms with Crippen LogP contribution in [-0.4, -0.2) is 81.6 Å². The largest absolute Gasteiger partial charge is 0.493 e. The summed E-state index contributed by atoms with van der Waals surface area (Å²) in [5, 5.41) is 14.5. The monoisotopic (exact) mass is 444 g/mol.